The molecule has 0 aliphatic heterocycles. The zero-order valence-corrected chi connectivity index (χ0v) is 11.7. The Bertz CT molecular complexity index is 674. The van der Waals surface area contributed by atoms with Gasteiger partial charge in [0.15, 0.2) is 5.43 Å². The van der Waals surface area contributed by atoms with E-state index < -0.39 is 0 Å². The van der Waals surface area contributed by atoms with E-state index in [1.807, 2.05) is 0 Å². The molecule has 0 aliphatic carbocycles. The molecule has 1 aromatic carbocycles. The van der Waals surface area contributed by atoms with Crippen LogP contribution < -0.4 is 21.2 Å². The Morgan fingerprint density at radius 3 is 2.62 bits per heavy atom. The van der Waals surface area contributed by atoms with Crippen molar-refractivity contribution in [3.63, 3.8) is 0 Å². The summed E-state index contributed by atoms with van der Waals surface area (Å²) in [7, 11) is 1.55. The second-order valence-corrected chi connectivity index (χ2v) is 4.52. The van der Waals surface area contributed by atoms with E-state index in [9.17, 15) is 9.59 Å². The number of hydrogen-bond acceptors (Lipinski definition) is 4. The second-order valence-electron chi connectivity index (χ2n) is 4.52. The molecule has 0 bridgehead atoms. The lowest BCUT2D eigenvalue weighted by Crippen LogP contribution is -2.16. The minimum atomic E-state index is -0.148. The van der Waals surface area contributed by atoms with Crippen LogP contribution in [-0.4, -0.2) is 17.6 Å². The van der Waals surface area contributed by atoms with Crippen LogP contribution in [0.2, 0.25) is 0 Å². The third-order valence-electron chi connectivity index (χ3n) is 2.99. The quantitative estimate of drug-likeness (QED) is 0.815. The molecule has 6 heteroatoms. The van der Waals surface area contributed by atoms with Gasteiger partial charge >= 0.3 is 0 Å². The van der Waals surface area contributed by atoms with E-state index in [1.54, 1.807) is 42.3 Å². The van der Waals surface area contributed by atoms with Crippen molar-refractivity contribution in [2.24, 2.45) is 0 Å². The molecule has 6 nitrogen and oxygen atoms in total. The van der Waals surface area contributed by atoms with Gasteiger partial charge < -0.3 is 20.4 Å². The Balaban J connectivity index is 1.92. The number of rotatable bonds is 5. The van der Waals surface area contributed by atoms with Crippen LogP contribution in [0.4, 0.5) is 11.4 Å². The van der Waals surface area contributed by atoms with E-state index in [1.165, 1.54) is 12.1 Å². The number of benzene rings is 1. The Morgan fingerprint density at radius 2 is 2.00 bits per heavy atom. The van der Waals surface area contributed by atoms with E-state index in [0.717, 1.165) is 0 Å². The van der Waals surface area contributed by atoms with Gasteiger partial charge in [-0.1, -0.05) is 0 Å². The van der Waals surface area contributed by atoms with Crippen molar-refractivity contribution in [2.75, 3.05) is 18.2 Å². The minimum absolute atomic E-state index is 0.0540. The predicted molar refractivity (Wildman–Crippen MR) is 81.4 cm³/mol. The van der Waals surface area contributed by atoms with Crippen LogP contribution in [-0.2, 0) is 11.3 Å². The average molecular weight is 287 g/mol. The highest BCUT2D eigenvalue weighted by Crippen LogP contribution is 2.24. The molecule has 3 N–H and O–H groups in total. The predicted octanol–water partition coefficient (Wildman–Crippen LogP) is 1.47. The normalized spacial score (nSPS) is 10.1. The van der Waals surface area contributed by atoms with Crippen molar-refractivity contribution >= 4 is 17.3 Å². The van der Waals surface area contributed by atoms with Crippen LogP contribution in [0, 0.1) is 0 Å². The van der Waals surface area contributed by atoms with Crippen LogP contribution in [0.1, 0.15) is 6.42 Å². The number of nitrogens with zero attached hydrogens (tertiary/aromatic N) is 1. The highest BCUT2D eigenvalue weighted by Gasteiger charge is 2.06. The van der Waals surface area contributed by atoms with E-state index in [2.05, 4.69) is 5.32 Å². The average Bonchev–Trinajstić information content (AvgIpc) is 2.48. The van der Waals surface area contributed by atoms with Crippen LogP contribution in [0.25, 0.3) is 0 Å². The van der Waals surface area contributed by atoms with Gasteiger partial charge in [0.1, 0.15) is 5.75 Å². The van der Waals surface area contributed by atoms with Crippen molar-refractivity contribution in [3.8, 4) is 5.75 Å². The molecule has 0 radical (unpaired) electrons. The van der Waals surface area contributed by atoms with Crippen LogP contribution in [0.15, 0.2) is 47.5 Å². The van der Waals surface area contributed by atoms with Gasteiger partial charge in [-0.05, 0) is 12.1 Å². The van der Waals surface area contributed by atoms with E-state index >= 15 is 0 Å². The van der Waals surface area contributed by atoms with Gasteiger partial charge in [0, 0.05) is 43.6 Å². The zero-order chi connectivity index (χ0) is 15.2. The van der Waals surface area contributed by atoms with E-state index in [0.29, 0.717) is 23.7 Å². The summed E-state index contributed by atoms with van der Waals surface area (Å²) >= 11 is 0. The number of carbonyl (C=O) groups is 1. The molecule has 2 aromatic rings. The largest absolute Gasteiger partial charge is 0.497 e. The van der Waals surface area contributed by atoms with Crippen molar-refractivity contribution in [3.05, 3.63) is 52.9 Å². The highest BCUT2D eigenvalue weighted by atomic mass is 16.5. The molecule has 1 aromatic heterocycles. The molecular formula is C15H17N3O3. The Hall–Kier alpha value is -2.76. The first-order chi connectivity index (χ1) is 10.1. The summed E-state index contributed by atoms with van der Waals surface area (Å²) in [4.78, 5) is 22.9. The van der Waals surface area contributed by atoms with Crippen molar-refractivity contribution in [2.45, 2.75) is 13.0 Å². The lowest BCUT2D eigenvalue weighted by atomic mass is 10.2. The molecule has 2 rings (SSSR count). The fourth-order valence-corrected chi connectivity index (χ4v) is 1.82. The topological polar surface area (TPSA) is 86.3 Å². The van der Waals surface area contributed by atoms with Gasteiger partial charge in [0.25, 0.3) is 0 Å². The van der Waals surface area contributed by atoms with Crippen molar-refractivity contribution < 1.29 is 9.53 Å². The van der Waals surface area contributed by atoms with E-state index in [4.69, 9.17) is 10.5 Å². The van der Waals surface area contributed by atoms with Gasteiger partial charge in [-0.2, -0.15) is 0 Å². The molecule has 0 saturated heterocycles. The molecule has 1 heterocycles. The Labute approximate surface area is 122 Å². The lowest BCUT2D eigenvalue weighted by Gasteiger charge is -2.10. The molecule has 110 valence electrons. The number of carbonyl (C=O) groups excluding carboxylic acids is 1. The molecule has 0 unspecified atom stereocenters. The Morgan fingerprint density at radius 1 is 1.29 bits per heavy atom. The van der Waals surface area contributed by atoms with Gasteiger partial charge in [-0.25, -0.2) is 0 Å². The smallest absolute Gasteiger partial charge is 0.226 e. The number of anilines is 2. The summed E-state index contributed by atoms with van der Waals surface area (Å²) < 4.78 is 6.82. The molecule has 1 amide bonds. The molecule has 0 fully saturated rings. The van der Waals surface area contributed by atoms with Gasteiger partial charge in [0.2, 0.25) is 5.91 Å². The standard InChI is InChI=1S/C15H17N3O3/c1-21-12-2-3-14(13(16)10-12)17-15(20)6-9-18-7-4-11(19)5-8-18/h2-5,7-8,10H,6,9,16H2,1H3,(H,17,20). The number of nitrogens with one attached hydrogen (secondary N) is 1. The minimum Gasteiger partial charge on any atom is -0.497 e. The third kappa shape index (κ3) is 4.10. The molecule has 0 aliphatic rings. The first-order valence-electron chi connectivity index (χ1n) is 6.48. The second kappa shape index (κ2) is 6.60. The van der Waals surface area contributed by atoms with Crippen LogP contribution >= 0.6 is 0 Å². The zero-order valence-electron chi connectivity index (χ0n) is 11.7. The highest BCUT2D eigenvalue weighted by molar-refractivity contribution is 5.93. The third-order valence-corrected chi connectivity index (χ3v) is 2.99. The fourth-order valence-electron chi connectivity index (χ4n) is 1.82. The first-order valence-corrected chi connectivity index (χ1v) is 6.48. The van der Waals surface area contributed by atoms with Gasteiger partial charge in [-0.3, -0.25) is 9.59 Å². The number of amides is 1. The van der Waals surface area contributed by atoms with Gasteiger partial charge in [0.05, 0.1) is 18.5 Å². The first kappa shape index (κ1) is 14.6. The monoisotopic (exact) mass is 287 g/mol. The maximum atomic E-state index is 11.9. The summed E-state index contributed by atoms with van der Waals surface area (Å²) in [6.45, 7) is 0.488. The summed E-state index contributed by atoms with van der Waals surface area (Å²) in [6, 6.07) is 8.00. The summed E-state index contributed by atoms with van der Waals surface area (Å²) in [5.74, 6) is 0.490. The molecule has 21 heavy (non-hydrogen) atoms. The molecule has 0 saturated carbocycles. The molecule has 0 spiro atoms. The fraction of sp³-hybridized carbons (Fsp3) is 0.200. The number of aryl methyl sites for hydroxylation is 1. The molecule has 0 atom stereocenters. The maximum absolute atomic E-state index is 11.9. The number of methoxy groups -OCH3 is 1. The van der Waals surface area contributed by atoms with Crippen molar-refractivity contribution in [1.29, 1.82) is 0 Å². The number of pyridine rings is 1. The summed E-state index contributed by atoms with van der Waals surface area (Å²) in [5, 5.41) is 2.75. The maximum Gasteiger partial charge on any atom is 0.226 e. The van der Waals surface area contributed by atoms with Gasteiger partial charge in [-0.15, -0.1) is 0 Å². The Kier molecular flexibility index (Phi) is 4.61. The number of hydrogen-bond donors (Lipinski definition) is 2. The van der Waals surface area contributed by atoms with Crippen LogP contribution in [0.3, 0.4) is 0 Å². The SMILES string of the molecule is COc1ccc(NC(=O)CCn2ccc(=O)cc2)c(N)c1. The summed E-state index contributed by atoms with van der Waals surface area (Å²) in [5.41, 5.74) is 6.79. The number of ether oxygens (including phenoxy) is 1. The van der Waals surface area contributed by atoms with Crippen molar-refractivity contribution in [1.82, 2.24) is 4.57 Å². The summed E-state index contributed by atoms with van der Waals surface area (Å²) in [6.07, 6.45) is 3.59. The lowest BCUT2D eigenvalue weighted by molar-refractivity contribution is -0.116. The van der Waals surface area contributed by atoms with Crippen LogP contribution in [0.5, 0.6) is 5.75 Å². The van der Waals surface area contributed by atoms with E-state index in [-0.39, 0.29) is 17.8 Å². The number of aromatic nitrogens is 1. The number of nitrogen functional groups attached to an aromatic ring is 1. The molecular weight excluding hydrogens is 270 g/mol. The number of nitrogens with two attached hydrogens (primary N) is 1.